The highest BCUT2D eigenvalue weighted by molar-refractivity contribution is 7.09. The molecule has 0 aliphatic carbocycles. The number of hydrogen-bond acceptors (Lipinski definition) is 6. The molecule has 1 heterocycles. The quantitative estimate of drug-likeness (QED) is 0.590. The van der Waals surface area contributed by atoms with E-state index in [2.05, 4.69) is 14.2 Å². The van der Waals surface area contributed by atoms with Gasteiger partial charge < -0.3 is 23.5 Å². The summed E-state index contributed by atoms with van der Waals surface area (Å²) in [7, 11) is 3.52. The van der Waals surface area contributed by atoms with Gasteiger partial charge >= 0.3 is 5.97 Å². The summed E-state index contributed by atoms with van der Waals surface area (Å²) in [5.74, 6) is 0.713. The Morgan fingerprint density at radius 2 is 2.23 bits per heavy atom. The monoisotopic (exact) mass is 330 g/mol. The van der Waals surface area contributed by atoms with E-state index in [0.717, 1.165) is 10.9 Å². The first kappa shape index (κ1) is 16.7. The maximum atomic E-state index is 11.2. The molecule has 0 amide bonds. The third-order valence-electron chi connectivity index (χ3n) is 3.25. The van der Waals surface area contributed by atoms with Crippen LogP contribution in [0.15, 0.2) is 22.6 Å². The normalized spacial score (nSPS) is 10.9. The number of ether oxygens (including phenoxy) is 2. The molecule has 0 spiro atoms. The van der Waals surface area contributed by atoms with Crippen LogP contribution < -0.4 is 4.74 Å². The summed E-state index contributed by atoms with van der Waals surface area (Å²) in [5.41, 5.74) is 1.55. The van der Waals surface area contributed by atoms with Crippen LogP contribution in [-0.2, 0) is 26.9 Å². The first-order valence-corrected chi connectivity index (χ1v) is 7.33. The Balaban J connectivity index is 0.00000264. The van der Waals surface area contributed by atoms with Crippen LogP contribution in [0.4, 0.5) is 0 Å². The zero-order valence-corrected chi connectivity index (χ0v) is 13.5. The Morgan fingerprint density at radius 3 is 2.91 bits per heavy atom. The molecule has 2 rings (SSSR count). The van der Waals surface area contributed by atoms with Crippen molar-refractivity contribution in [1.29, 1.82) is 0 Å². The van der Waals surface area contributed by atoms with Crippen LogP contribution in [0.1, 0.15) is 12.8 Å². The highest BCUT2D eigenvalue weighted by Crippen LogP contribution is 2.33. The predicted octanol–water partition coefficient (Wildman–Crippen LogP) is 2.11. The lowest BCUT2D eigenvalue weighted by Gasteiger charge is -2.05. The van der Waals surface area contributed by atoms with Crippen molar-refractivity contribution in [3.8, 4) is 5.75 Å². The average Bonchev–Trinajstić information content (AvgIpc) is 2.88. The molecule has 7 heteroatoms. The molecule has 1 aromatic carbocycles. The molecule has 2 aromatic rings. The number of methoxy groups -OCH3 is 1. The molecule has 0 fully saturated rings. The second kappa shape index (κ2) is 8.13. The van der Waals surface area contributed by atoms with Gasteiger partial charge in [-0.3, -0.25) is 0 Å². The molecule has 0 radical (unpaired) electrons. The van der Waals surface area contributed by atoms with Crippen molar-refractivity contribution in [2.24, 2.45) is 0 Å². The number of hydrogen-bond donors (Lipinski definition) is 1. The van der Waals surface area contributed by atoms with E-state index in [9.17, 15) is 9.90 Å². The van der Waals surface area contributed by atoms with Crippen LogP contribution in [-0.4, -0.2) is 38.0 Å². The van der Waals surface area contributed by atoms with Crippen LogP contribution in [0.5, 0.6) is 5.75 Å². The Hall–Kier alpha value is -1.62. The van der Waals surface area contributed by atoms with Gasteiger partial charge in [0.25, 0.3) is 0 Å². The predicted molar refractivity (Wildman–Crippen MR) is 86.0 cm³/mol. The summed E-state index contributed by atoms with van der Waals surface area (Å²) in [6.07, 6.45) is 1.07. The molecule has 6 nitrogen and oxygen atoms in total. The minimum atomic E-state index is -0.462. The number of aliphatic hydroxyl groups excluding tert-OH is 1. The van der Waals surface area contributed by atoms with Gasteiger partial charge in [-0.15, -0.1) is 0 Å². The smallest absolute Gasteiger partial charge is 0.343 e. The van der Waals surface area contributed by atoms with Crippen LogP contribution in [0.2, 0.25) is 0 Å². The van der Waals surface area contributed by atoms with Crippen molar-refractivity contribution < 1.29 is 29.7 Å². The molecule has 0 aliphatic heterocycles. The fourth-order valence-electron chi connectivity index (χ4n) is 2.24. The lowest BCUT2D eigenvalue weighted by molar-refractivity contribution is -0.142. The molecule has 22 heavy (non-hydrogen) atoms. The van der Waals surface area contributed by atoms with Crippen LogP contribution in [0.25, 0.3) is 11.0 Å². The summed E-state index contributed by atoms with van der Waals surface area (Å²) in [6.45, 7) is 0.327. The second-order valence-corrected chi connectivity index (χ2v) is 4.93. The zero-order chi connectivity index (χ0) is 15.9. The topological polar surface area (TPSA) is 78.1 Å². The highest BCUT2D eigenvalue weighted by atomic mass is 31.0. The summed E-state index contributed by atoms with van der Waals surface area (Å²) < 4.78 is 20.9. The standard InChI is InChI=1S/C15H19O6P.H2/c1-18-14(17)9-19-13-4-2-3-11-10(6-8-20-22)12(5-7-16)21-15(11)13;/h2-4,16H,5-9,22H2,1H3;1H/i;1+2. The third-order valence-corrected chi connectivity index (χ3v) is 3.48. The van der Waals surface area contributed by atoms with E-state index < -0.39 is 5.97 Å². The van der Waals surface area contributed by atoms with E-state index in [0.29, 0.717) is 36.5 Å². The maximum absolute atomic E-state index is 11.2. The second-order valence-electron chi connectivity index (χ2n) is 4.60. The number of carbonyl (C=O) groups is 1. The number of furan rings is 1. The number of aliphatic hydroxyl groups is 1. The van der Waals surface area contributed by atoms with Gasteiger partial charge in [0.05, 0.1) is 20.3 Å². The summed E-state index contributed by atoms with van der Waals surface area (Å²) in [6, 6.07) is 5.48. The number of esters is 1. The molecule has 122 valence electrons. The van der Waals surface area contributed by atoms with Gasteiger partial charge in [0.1, 0.15) is 5.76 Å². The Kier molecular flexibility index (Phi) is 6.19. The van der Waals surface area contributed by atoms with E-state index >= 15 is 0 Å². The number of carbonyl (C=O) groups excluding carboxylic acids is 1. The van der Waals surface area contributed by atoms with Crippen molar-refractivity contribution in [3.05, 3.63) is 29.5 Å². The number of rotatable bonds is 8. The van der Waals surface area contributed by atoms with Gasteiger partial charge in [-0.05, 0) is 6.07 Å². The molecular formula is C15H21O6P. The zero-order valence-electron chi connectivity index (χ0n) is 12.3. The van der Waals surface area contributed by atoms with Crippen molar-refractivity contribution in [1.82, 2.24) is 0 Å². The summed E-state index contributed by atoms with van der Waals surface area (Å²) in [4.78, 5) is 11.2. The Morgan fingerprint density at radius 1 is 1.41 bits per heavy atom. The Bertz CT molecular complexity index is 642. The molecule has 1 atom stereocenters. The van der Waals surface area contributed by atoms with Gasteiger partial charge in [-0.2, -0.15) is 0 Å². The number of para-hydroxylation sites is 1. The van der Waals surface area contributed by atoms with Crippen LogP contribution in [0, 0.1) is 0 Å². The van der Waals surface area contributed by atoms with Crippen molar-refractivity contribution in [2.45, 2.75) is 12.8 Å². The largest absolute Gasteiger partial charge is 0.478 e. The summed E-state index contributed by atoms with van der Waals surface area (Å²) in [5, 5.41) is 10.1. The first-order valence-electron chi connectivity index (χ1n) is 6.86. The van der Waals surface area contributed by atoms with Crippen LogP contribution in [0.3, 0.4) is 0 Å². The van der Waals surface area contributed by atoms with Gasteiger partial charge in [0, 0.05) is 34.7 Å². The average molecular weight is 330 g/mol. The molecule has 1 unspecified atom stereocenters. The molecule has 1 N–H and O–H groups in total. The highest BCUT2D eigenvalue weighted by Gasteiger charge is 2.17. The molecule has 0 bridgehead atoms. The van der Waals surface area contributed by atoms with Gasteiger partial charge in [-0.1, -0.05) is 12.1 Å². The third kappa shape index (κ3) is 3.77. The molecular weight excluding hydrogens is 307 g/mol. The van der Waals surface area contributed by atoms with Crippen molar-refractivity contribution in [2.75, 3.05) is 26.9 Å². The van der Waals surface area contributed by atoms with E-state index in [1.165, 1.54) is 7.11 Å². The molecule has 1 aromatic heterocycles. The number of fused-ring (bicyclic) bond motifs is 1. The minimum Gasteiger partial charge on any atom is -0.478 e. The Labute approximate surface area is 132 Å². The lowest BCUT2D eigenvalue weighted by atomic mass is 10.1. The van der Waals surface area contributed by atoms with Crippen LogP contribution >= 0.6 is 9.47 Å². The van der Waals surface area contributed by atoms with Crippen molar-refractivity contribution in [3.63, 3.8) is 0 Å². The minimum absolute atomic E-state index is 0. The first-order chi connectivity index (χ1) is 10.7. The van der Waals surface area contributed by atoms with E-state index in [-0.39, 0.29) is 14.6 Å². The molecule has 0 saturated carbocycles. The fourth-order valence-corrected chi connectivity index (χ4v) is 2.36. The van der Waals surface area contributed by atoms with Crippen molar-refractivity contribution >= 4 is 26.4 Å². The van der Waals surface area contributed by atoms with E-state index in [1.807, 2.05) is 12.1 Å². The SMILES string of the molecule is COC(=O)COc1cccc2c(CCOP)c(CCO)oc12.[3HH]. The summed E-state index contributed by atoms with van der Waals surface area (Å²) >= 11 is 0. The fraction of sp³-hybridized carbons (Fsp3) is 0.400. The lowest BCUT2D eigenvalue weighted by Crippen LogP contribution is -2.12. The van der Waals surface area contributed by atoms with E-state index in [1.54, 1.807) is 6.07 Å². The molecule has 0 aliphatic rings. The van der Waals surface area contributed by atoms with E-state index in [4.69, 9.17) is 13.7 Å². The maximum Gasteiger partial charge on any atom is 0.343 e. The number of benzene rings is 1. The van der Waals surface area contributed by atoms with Gasteiger partial charge in [-0.25, -0.2) is 4.79 Å². The molecule has 0 saturated heterocycles. The van der Waals surface area contributed by atoms with Gasteiger partial charge in [0.2, 0.25) is 0 Å². The van der Waals surface area contributed by atoms with Gasteiger partial charge in [0.15, 0.2) is 17.9 Å².